The fraction of sp³-hybridized carbons (Fsp3) is 0.200. The van der Waals surface area contributed by atoms with E-state index >= 15 is 0 Å². The summed E-state index contributed by atoms with van der Waals surface area (Å²) in [6.45, 7) is 0. The molecule has 14 heavy (non-hydrogen) atoms. The first kappa shape index (κ1) is 8.96. The van der Waals surface area contributed by atoms with Gasteiger partial charge in [-0.3, -0.25) is 0 Å². The van der Waals surface area contributed by atoms with E-state index < -0.39 is 0 Å². The quantitative estimate of drug-likeness (QED) is 0.695. The van der Waals surface area contributed by atoms with Crippen molar-refractivity contribution in [3.63, 3.8) is 0 Å². The Morgan fingerprint density at radius 1 is 1.00 bits per heavy atom. The van der Waals surface area contributed by atoms with Crippen molar-refractivity contribution in [1.29, 1.82) is 0 Å². The van der Waals surface area contributed by atoms with Crippen LogP contribution in [0.1, 0.15) is 12.8 Å². The Bertz CT molecular complexity index is 403. The van der Waals surface area contributed by atoms with Crippen LogP contribution in [0.4, 0.5) is 0 Å². The molecule has 0 bridgehead atoms. The standard InChI is InChI=1S/C10H7Cl2NS/c11-5-1-7-9(3-5)14-10-4-6(12)2-8(10)13-7/h3-4,13H,1-2H2. The van der Waals surface area contributed by atoms with Crippen molar-refractivity contribution in [3.05, 3.63) is 43.4 Å². The summed E-state index contributed by atoms with van der Waals surface area (Å²) in [7, 11) is 0. The van der Waals surface area contributed by atoms with Gasteiger partial charge in [0.2, 0.25) is 0 Å². The number of hydrogen-bond acceptors (Lipinski definition) is 2. The van der Waals surface area contributed by atoms with Crippen molar-refractivity contribution in [2.75, 3.05) is 0 Å². The van der Waals surface area contributed by atoms with E-state index in [0.29, 0.717) is 0 Å². The van der Waals surface area contributed by atoms with Gasteiger partial charge in [0, 0.05) is 44.1 Å². The maximum atomic E-state index is 5.98. The number of allylic oxidation sites excluding steroid dienone is 4. The van der Waals surface area contributed by atoms with E-state index in [2.05, 4.69) is 5.32 Å². The van der Waals surface area contributed by atoms with E-state index in [1.54, 1.807) is 11.8 Å². The third-order valence-corrected chi connectivity index (χ3v) is 4.04. The molecule has 0 saturated heterocycles. The van der Waals surface area contributed by atoms with Crippen molar-refractivity contribution in [1.82, 2.24) is 5.32 Å². The molecule has 0 spiro atoms. The van der Waals surface area contributed by atoms with Crippen molar-refractivity contribution < 1.29 is 0 Å². The Labute approximate surface area is 96.5 Å². The molecule has 0 aromatic carbocycles. The molecule has 0 aromatic heterocycles. The van der Waals surface area contributed by atoms with Crippen molar-refractivity contribution in [2.45, 2.75) is 12.8 Å². The second-order valence-electron chi connectivity index (χ2n) is 3.45. The Morgan fingerprint density at radius 2 is 1.50 bits per heavy atom. The number of rotatable bonds is 0. The van der Waals surface area contributed by atoms with Gasteiger partial charge in [-0.25, -0.2) is 0 Å². The van der Waals surface area contributed by atoms with E-state index in [9.17, 15) is 0 Å². The van der Waals surface area contributed by atoms with Crippen LogP contribution in [0, 0.1) is 0 Å². The fourth-order valence-corrected chi connectivity index (χ4v) is 3.51. The molecule has 3 rings (SSSR count). The molecule has 72 valence electrons. The molecule has 0 fully saturated rings. The molecule has 0 saturated carbocycles. The topological polar surface area (TPSA) is 12.0 Å². The second-order valence-corrected chi connectivity index (χ2v) is 5.50. The van der Waals surface area contributed by atoms with Gasteiger partial charge in [-0.2, -0.15) is 0 Å². The molecule has 1 N–H and O–H groups in total. The van der Waals surface area contributed by atoms with Crippen LogP contribution in [0.25, 0.3) is 0 Å². The highest BCUT2D eigenvalue weighted by molar-refractivity contribution is 8.07. The zero-order valence-electron chi connectivity index (χ0n) is 7.23. The molecule has 0 aromatic rings. The summed E-state index contributed by atoms with van der Waals surface area (Å²) in [5.74, 6) is 0. The Kier molecular flexibility index (Phi) is 1.98. The lowest BCUT2D eigenvalue weighted by atomic mass is 10.3. The lowest BCUT2D eigenvalue weighted by Crippen LogP contribution is -2.15. The summed E-state index contributed by atoms with van der Waals surface area (Å²) in [6.07, 6.45) is 5.72. The highest BCUT2D eigenvalue weighted by Crippen LogP contribution is 2.46. The van der Waals surface area contributed by atoms with E-state index in [4.69, 9.17) is 23.2 Å². The van der Waals surface area contributed by atoms with E-state index in [-0.39, 0.29) is 0 Å². The van der Waals surface area contributed by atoms with Gasteiger partial charge >= 0.3 is 0 Å². The first-order valence-corrected chi connectivity index (χ1v) is 5.93. The zero-order chi connectivity index (χ0) is 9.71. The SMILES string of the molecule is ClC1=CC2=C(C1)NC1=C(C=C(Cl)C1)S2. The third-order valence-electron chi connectivity index (χ3n) is 2.38. The summed E-state index contributed by atoms with van der Waals surface area (Å²) < 4.78 is 0. The fourth-order valence-electron chi connectivity index (χ4n) is 1.77. The molecular formula is C10H7Cl2NS. The summed E-state index contributed by atoms with van der Waals surface area (Å²) in [4.78, 5) is 2.47. The molecule has 0 radical (unpaired) electrons. The summed E-state index contributed by atoms with van der Waals surface area (Å²) in [5.41, 5.74) is 2.44. The van der Waals surface area contributed by atoms with Crippen LogP contribution in [0.3, 0.4) is 0 Å². The summed E-state index contributed by atoms with van der Waals surface area (Å²) in [6, 6.07) is 0. The molecule has 1 aliphatic heterocycles. The number of hydrogen-bond donors (Lipinski definition) is 1. The number of thioether (sulfide) groups is 1. The molecule has 1 heterocycles. The summed E-state index contributed by atoms with van der Waals surface area (Å²) in [5, 5.41) is 5.22. The van der Waals surface area contributed by atoms with Gasteiger partial charge in [0.05, 0.1) is 0 Å². The smallest absolute Gasteiger partial charge is 0.0344 e. The van der Waals surface area contributed by atoms with Crippen molar-refractivity contribution >= 4 is 35.0 Å². The number of halogens is 2. The van der Waals surface area contributed by atoms with Gasteiger partial charge in [-0.1, -0.05) is 35.0 Å². The van der Waals surface area contributed by atoms with Crippen LogP contribution in [0.2, 0.25) is 0 Å². The van der Waals surface area contributed by atoms with Gasteiger partial charge in [0.15, 0.2) is 0 Å². The molecule has 0 amide bonds. The van der Waals surface area contributed by atoms with E-state index in [0.717, 1.165) is 22.9 Å². The largest absolute Gasteiger partial charge is 0.360 e. The zero-order valence-corrected chi connectivity index (χ0v) is 9.56. The van der Waals surface area contributed by atoms with Crippen LogP contribution in [-0.2, 0) is 0 Å². The van der Waals surface area contributed by atoms with Gasteiger partial charge in [-0.05, 0) is 12.2 Å². The first-order valence-electron chi connectivity index (χ1n) is 4.36. The van der Waals surface area contributed by atoms with E-state index in [1.807, 2.05) is 12.2 Å². The Morgan fingerprint density at radius 3 is 2.00 bits per heavy atom. The molecule has 2 aliphatic carbocycles. The van der Waals surface area contributed by atoms with Gasteiger partial charge in [0.1, 0.15) is 0 Å². The van der Waals surface area contributed by atoms with Crippen LogP contribution >= 0.6 is 35.0 Å². The predicted molar refractivity (Wildman–Crippen MR) is 61.9 cm³/mol. The van der Waals surface area contributed by atoms with Crippen LogP contribution < -0.4 is 5.32 Å². The van der Waals surface area contributed by atoms with Crippen LogP contribution in [-0.4, -0.2) is 0 Å². The average Bonchev–Trinajstić information content (AvgIpc) is 2.59. The van der Waals surface area contributed by atoms with E-state index in [1.165, 1.54) is 21.2 Å². The Hall–Kier alpha value is -0.310. The molecular weight excluding hydrogens is 237 g/mol. The van der Waals surface area contributed by atoms with Crippen LogP contribution in [0.15, 0.2) is 43.4 Å². The highest BCUT2D eigenvalue weighted by atomic mass is 35.5. The minimum atomic E-state index is 0.832. The molecule has 3 aliphatic rings. The maximum Gasteiger partial charge on any atom is 0.0344 e. The highest BCUT2D eigenvalue weighted by Gasteiger charge is 2.26. The maximum absolute atomic E-state index is 5.98. The normalized spacial score (nSPS) is 24.4. The minimum absolute atomic E-state index is 0.832. The van der Waals surface area contributed by atoms with Gasteiger partial charge in [0.25, 0.3) is 0 Å². The minimum Gasteiger partial charge on any atom is -0.360 e. The second kappa shape index (κ2) is 3.09. The number of nitrogens with one attached hydrogen (secondary N) is 1. The lowest BCUT2D eigenvalue weighted by Gasteiger charge is -2.18. The molecule has 0 atom stereocenters. The summed E-state index contributed by atoms with van der Waals surface area (Å²) >= 11 is 13.7. The Balaban J connectivity index is 1.90. The van der Waals surface area contributed by atoms with Gasteiger partial charge in [-0.15, -0.1) is 0 Å². The lowest BCUT2D eigenvalue weighted by molar-refractivity contribution is 0.896. The van der Waals surface area contributed by atoms with Crippen LogP contribution in [0.5, 0.6) is 0 Å². The predicted octanol–water partition coefficient (Wildman–Crippen LogP) is 3.80. The monoisotopic (exact) mass is 243 g/mol. The first-order chi connectivity index (χ1) is 6.72. The average molecular weight is 244 g/mol. The van der Waals surface area contributed by atoms with Gasteiger partial charge < -0.3 is 5.32 Å². The molecule has 0 unspecified atom stereocenters. The molecule has 1 nitrogen and oxygen atoms in total. The van der Waals surface area contributed by atoms with Crippen molar-refractivity contribution in [2.24, 2.45) is 0 Å². The molecule has 4 heteroatoms. The van der Waals surface area contributed by atoms with Crippen molar-refractivity contribution in [3.8, 4) is 0 Å². The third kappa shape index (κ3) is 1.33.